The van der Waals surface area contributed by atoms with Crippen LogP contribution in [0.5, 0.6) is 0 Å². The number of halogens is 1. The lowest BCUT2D eigenvalue weighted by atomic mass is 10.1. The van der Waals surface area contributed by atoms with Gasteiger partial charge in [0, 0.05) is 25.7 Å². The van der Waals surface area contributed by atoms with E-state index in [-0.39, 0.29) is 10.7 Å². The summed E-state index contributed by atoms with van der Waals surface area (Å²) < 4.78 is 0. The molecule has 0 saturated carbocycles. The largest absolute Gasteiger partial charge is 0.339 e. The number of hydrogen-bond acceptors (Lipinski definition) is 2. The Labute approximate surface area is 99.9 Å². The van der Waals surface area contributed by atoms with Crippen molar-refractivity contribution in [3.05, 3.63) is 0 Å². The van der Waals surface area contributed by atoms with Gasteiger partial charge in [0.25, 0.3) is 0 Å². The van der Waals surface area contributed by atoms with E-state index in [1.165, 1.54) is 19.4 Å². The Morgan fingerprint density at radius 3 is 3.00 bits per heavy atom. The SMILES string of the molecule is CCC(Br)C(=O)N1CCN2CCCC2C1. The number of rotatable bonds is 2. The van der Waals surface area contributed by atoms with Crippen LogP contribution in [0.4, 0.5) is 0 Å². The van der Waals surface area contributed by atoms with E-state index >= 15 is 0 Å². The van der Waals surface area contributed by atoms with Crippen molar-refractivity contribution >= 4 is 21.8 Å². The predicted octanol–water partition coefficient (Wildman–Crippen LogP) is 1.47. The van der Waals surface area contributed by atoms with Crippen molar-refractivity contribution in [2.24, 2.45) is 0 Å². The highest BCUT2D eigenvalue weighted by atomic mass is 79.9. The van der Waals surface area contributed by atoms with Gasteiger partial charge < -0.3 is 4.90 Å². The summed E-state index contributed by atoms with van der Waals surface area (Å²) in [6, 6.07) is 0.638. The molecule has 0 aliphatic carbocycles. The molecule has 0 aromatic heterocycles. The van der Waals surface area contributed by atoms with Crippen molar-refractivity contribution in [1.29, 1.82) is 0 Å². The smallest absolute Gasteiger partial charge is 0.236 e. The third-order valence-electron chi connectivity index (χ3n) is 3.53. The van der Waals surface area contributed by atoms with E-state index in [9.17, 15) is 4.79 Å². The van der Waals surface area contributed by atoms with Gasteiger partial charge in [-0.05, 0) is 25.8 Å². The van der Waals surface area contributed by atoms with Crippen LogP contribution in [0, 0.1) is 0 Å². The Balaban J connectivity index is 1.92. The topological polar surface area (TPSA) is 23.6 Å². The van der Waals surface area contributed by atoms with Crippen LogP contribution in [0.15, 0.2) is 0 Å². The number of hydrogen-bond donors (Lipinski definition) is 0. The Kier molecular flexibility index (Phi) is 3.67. The molecule has 2 heterocycles. The molecule has 1 amide bonds. The second-order valence-corrected chi connectivity index (χ2v) is 5.60. The fraction of sp³-hybridized carbons (Fsp3) is 0.909. The lowest BCUT2D eigenvalue weighted by molar-refractivity contribution is -0.133. The summed E-state index contributed by atoms with van der Waals surface area (Å²) in [5, 5.41) is 0. The van der Waals surface area contributed by atoms with Crippen molar-refractivity contribution in [1.82, 2.24) is 9.80 Å². The minimum absolute atomic E-state index is 0.0189. The normalized spacial score (nSPS) is 28.9. The first-order chi connectivity index (χ1) is 7.22. The quantitative estimate of drug-likeness (QED) is 0.712. The number of piperazine rings is 1. The van der Waals surface area contributed by atoms with Crippen LogP contribution in [-0.4, -0.2) is 52.8 Å². The van der Waals surface area contributed by atoms with Gasteiger partial charge in [-0.25, -0.2) is 0 Å². The average molecular weight is 275 g/mol. The minimum atomic E-state index is 0.0189. The van der Waals surface area contributed by atoms with Gasteiger partial charge in [0.15, 0.2) is 0 Å². The van der Waals surface area contributed by atoms with Crippen molar-refractivity contribution < 1.29 is 4.79 Å². The Morgan fingerprint density at radius 2 is 2.27 bits per heavy atom. The molecule has 2 atom stereocenters. The third kappa shape index (κ3) is 2.36. The third-order valence-corrected chi connectivity index (χ3v) is 4.56. The van der Waals surface area contributed by atoms with E-state index in [4.69, 9.17) is 0 Å². The van der Waals surface area contributed by atoms with Gasteiger partial charge in [-0.2, -0.15) is 0 Å². The van der Waals surface area contributed by atoms with E-state index in [1.54, 1.807) is 0 Å². The van der Waals surface area contributed by atoms with Crippen LogP contribution in [-0.2, 0) is 4.79 Å². The molecule has 2 aliphatic rings. The Hall–Kier alpha value is -0.0900. The van der Waals surface area contributed by atoms with Gasteiger partial charge >= 0.3 is 0 Å². The molecule has 2 aliphatic heterocycles. The van der Waals surface area contributed by atoms with Crippen molar-refractivity contribution in [3.63, 3.8) is 0 Å². The van der Waals surface area contributed by atoms with E-state index < -0.39 is 0 Å². The van der Waals surface area contributed by atoms with Crippen LogP contribution < -0.4 is 0 Å². The molecular formula is C11H19BrN2O. The van der Waals surface area contributed by atoms with E-state index in [0.29, 0.717) is 6.04 Å². The predicted molar refractivity (Wildman–Crippen MR) is 64.2 cm³/mol. The summed E-state index contributed by atoms with van der Waals surface area (Å²) in [6.45, 7) is 6.21. The molecule has 0 N–H and O–H groups in total. The van der Waals surface area contributed by atoms with Crippen molar-refractivity contribution in [2.75, 3.05) is 26.2 Å². The molecule has 3 nitrogen and oxygen atoms in total. The lowest BCUT2D eigenvalue weighted by Crippen LogP contribution is -2.53. The molecule has 2 rings (SSSR count). The molecule has 4 heteroatoms. The second-order valence-electron chi connectivity index (χ2n) is 4.49. The van der Waals surface area contributed by atoms with Crippen LogP contribution in [0.3, 0.4) is 0 Å². The van der Waals surface area contributed by atoms with Gasteiger partial charge in [-0.1, -0.05) is 22.9 Å². The molecule has 0 radical (unpaired) electrons. The van der Waals surface area contributed by atoms with Crippen LogP contribution in [0.2, 0.25) is 0 Å². The maximum atomic E-state index is 12.0. The number of alkyl halides is 1. The molecule has 0 aromatic rings. The monoisotopic (exact) mass is 274 g/mol. The van der Waals surface area contributed by atoms with E-state index in [1.807, 2.05) is 11.8 Å². The highest BCUT2D eigenvalue weighted by molar-refractivity contribution is 9.10. The molecule has 2 saturated heterocycles. The maximum absolute atomic E-state index is 12.0. The standard InChI is InChI=1S/C11H19BrN2O/c1-2-10(12)11(15)14-7-6-13-5-3-4-9(13)8-14/h9-10H,2-8H2,1H3. The zero-order valence-electron chi connectivity index (χ0n) is 9.29. The van der Waals surface area contributed by atoms with E-state index in [2.05, 4.69) is 20.8 Å². The molecule has 86 valence electrons. The molecule has 15 heavy (non-hydrogen) atoms. The van der Waals surface area contributed by atoms with Gasteiger partial charge in [0.1, 0.15) is 0 Å². The summed E-state index contributed by atoms with van der Waals surface area (Å²) in [7, 11) is 0. The maximum Gasteiger partial charge on any atom is 0.236 e. The zero-order valence-corrected chi connectivity index (χ0v) is 10.9. The molecule has 0 spiro atoms. The summed E-state index contributed by atoms with van der Waals surface area (Å²) in [6.07, 6.45) is 3.45. The first-order valence-electron chi connectivity index (χ1n) is 5.89. The number of carbonyl (C=O) groups excluding carboxylic acids is 1. The summed E-state index contributed by atoms with van der Waals surface area (Å²) >= 11 is 3.45. The number of amides is 1. The zero-order chi connectivity index (χ0) is 10.8. The van der Waals surface area contributed by atoms with Crippen molar-refractivity contribution in [2.45, 2.75) is 37.1 Å². The molecular weight excluding hydrogens is 256 g/mol. The van der Waals surface area contributed by atoms with E-state index in [0.717, 1.165) is 26.1 Å². The second kappa shape index (κ2) is 4.83. The van der Waals surface area contributed by atoms with Crippen LogP contribution >= 0.6 is 15.9 Å². The lowest BCUT2D eigenvalue weighted by Gasteiger charge is -2.38. The number of nitrogens with zero attached hydrogens (tertiary/aromatic N) is 2. The number of fused-ring (bicyclic) bond motifs is 1. The fourth-order valence-electron chi connectivity index (χ4n) is 2.56. The minimum Gasteiger partial charge on any atom is -0.339 e. The highest BCUT2D eigenvalue weighted by Crippen LogP contribution is 2.22. The first kappa shape index (κ1) is 11.4. The van der Waals surface area contributed by atoms with Crippen molar-refractivity contribution in [3.8, 4) is 0 Å². The van der Waals surface area contributed by atoms with Crippen LogP contribution in [0.25, 0.3) is 0 Å². The van der Waals surface area contributed by atoms with Crippen LogP contribution in [0.1, 0.15) is 26.2 Å². The molecule has 0 bridgehead atoms. The van der Waals surface area contributed by atoms with Gasteiger partial charge in [0.2, 0.25) is 5.91 Å². The highest BCUT2D eigenvalue weighted by Gasteiger charge is 2.33. The Bertz CT molecular complexity index is 247. The average Bonchev–Trinajstić information content (AvgIpc) is 2.73. The molecule has 0 aromatic carbocycles. The molecule has 2 unspecified atom stereocenters. The van der Waals surface area contributed by atoms with Gasteiger partial charge in [-0.3, -0.25) is 9.69 Å². The summed E-state index contributed by atoms with van der Waals surface area (Å²) in [5.74, 6) is 0.282. The summed E-state index contributed by atoms with van der Waals surface area (Å²) in [5.41, 5.74) is 0. The first-order valence-corrected chi connectivity index (χ1v) is 6.81. The van der Waals surface area contributed by atoms with Gasteiger partial charge in [-0.15, -0.1) is 0 Å². The fourth-order valence-corrected chi connectivity index (χ4v) is 2.85. The number of carbonyl (C=O) groups is 1. The molecule has 2 fully saturated rings. The summed E-state index contributed by atoms with van der Waals surface area (Å²) in [4.78, 5) is 16.6. The van der Waals surface area contributed by atoms with Gasteiger partial charge in [0.05, 0.1) is 4.83 Å². The Morgan fingerprint density at radius 1 is 1.47 bits per heavy atom.